The Morgan fingerprint density at radius 2 is 2.26 bits per heavy atom. The lowest BCUT2D eigenvalue weighted by Gasteiger charge is -2.23. The van der Waals surface area contributed by atoms with Gasteiger partial charge in [0, 0.05) is 25.0 Å². The topological polar surface area (TPSA) is 32.3 Å². The zero-order valence-corrected chi connectivity index (χ0v) is 11.3. The summed E-state index contributed by atoms with van der Waals surface area (Å²) in [5.74, 6) is -0.824. The standard InChI is InChI=1S/C14H16ClFN2O/c15-10-2-1-3-11(16)12(10)13(19)18-7-5-14(9-18)4-6-17-8-14/h1-3,17H,4-9H2. The van der Waals surface area contributed by atoms with Gasteiger partial charge in [-0.25, -0.2) is 4.39 Å². The number of likely N-dealkylation sites (tertiary alicyclic amines) is 1. The van der Waals surface area contributed by atoms with Gasteiger partial charge in [0.05, 0.1) is 10.6 Å². The number of hydrogen-bond donors (Lipinski definition) is 1. The highest BCUT2D eigenvalue weighted by Crippen LogP contribution is 2.37. The third-order valence-corrected chi connectivity index (χ3v) is 4.55. The first-order chi connectivity index (χ1) is 9.11. The fourth-order valence-corrected chi connectivity index (χ4v) is 3.36. The smallest absolute Gasteiger partial charge is 0.258 e. The van der Waals surface area contributed by atoms with Gasteiger partial charge < -0.3 is 10.2 Å². The molecule has 2 fully saturated rings. The van der Waals surface area contributed by atoms with Gasteiger partial charge in [-0.3, -0.25) is 4.79 Å². The minimum absolute atomic E-state index is 0.00664. The van der Waals surface area contributed by atoms with E-state index in [0.29, 0.717) is 13.1 Å². The Balaban J connectivity index is 1.82. The number of amides is 1. The highest BCUT2D eigenvalue weighted by Gasteiger charge is 2.42. The molecule has 2 aliphatic rings. The van der Waals surface area contributed by atoms with Gasteiger partial charge >= 0.3 is 0 Å². The van der Waals surface area contributed by atoms with E-state index in [9.17, 15) is 9.18 Å². The largest absolute Gasteiger partial charge is 0.338 e. The van der Waals surface area contributed by atoms with Crippen LogP contribution in [0, 0.1) is 11.2 Å². The van der Waals surface area contributed by atoms with Crippen molar-refractivity contribution in [2.75, 3.05) is 26.2 Å². The molecule has 1 atom stereocenters. The predicted molar refractivity (Wildman–Crippen MR) is 71.9 cm³/mol. The van der Waals surface area contributed by atoms with Crippen molar-refractivity contribution in [1.29, 1.82) is 0 Å². The molecule has 2 saturated heterocycles. The fraction of sp³-hybridized carbons (Fsp3) is 0.500. The maximum absolute atomic E-state index is 13.8. The molecule has 5 heteroatoms. The Bertz CT molecular complexity index is 494. The fourth-order valence-electron chi connectivity index (χ4n) is 3.11. The van der Waals surface area contributed by atoms with Crippen molar-refractivity contribution in [2.24, 2.45) is 5.41 Å². The van der Waals surface area contributed by atoms with Crippen LogP contribution in [0.5, 0.6) is 0 Å². The van der Waals surface area contributed by atoms with Crippen molar-refractivity contribution in [3.05, 3.63) is 34.6 Å². The normalized spacial score (nSPS) is 26.3. The molecule has 3 rings (SSSR count). The van der Waals surface area contributed by atoms with Crippen molar-refractivity contribution in [3.8, 4) is 0 Å². The molecule has 1 amide bonds. The second kappa shape index (κ2) is 4.76. The molecule has 0 radical (unpaired) electrons. The summed E-state index contributed by atoms with van der Waals surface area (Å²) in [4.78, 5) is 14.1. The third-order valence-electron chi connectivity index (χ3n) is 4.23. The van der Waals surface area contributed by atoms with Gasteiger partial charge in [-0.2, -0.15) is 0 Å². The molecule has 2 heterocycles. The number of halogens is 2. The number of carbonyl (C=O) groups is 1. The van der Waals surface area contributed by atoms with E-state index in [-0.39, 0.29) is 21.9 Å². The Labute approximate surface area is 116 Å². The molecule has 1 unspecified atom stereocenters. The Hall–Kier alpha value is -1.13. The summed E-state index contributed by atoms with van der Waals surface area (Å²) >= 11 is 5.95. The maximum Gasteiger partial charge on any atom is 0.258 e. The molecule has 1 spiro atoms. The molecule has 1 aromatic rings. The summed E-state index contributed by atoms with van der Waals surface area (Å²) in [6.45, 7) is 3.33. The van der Waals surface area contributed by atoms with Crippen LogP contribution < -0.4 is 5.32 Å². The van der Waals surface area contributed by atoms with E-state index in [1.165, 1.54) is 12.1 Å². The first kappa shape index (κ1) is 12.9. The molecule has 0 bridgehead atoms. The van der Waals surface area contributed by atoms with Crippen molar-refractivity contribution in [3.63, 3.8) is 0 Å². The van der Waals surface area contributed by atoms with Gasteiger partial charge in [0.2, 0.25) is 0 Å². The van der Waals surface area contributed by atoms with Gasteiger partial charge in [-0.15, -0.1) is 0 Å². The number of carbonyl (C=O) groups excluding carboxylic acids is 1. The molecular formula is C14H16ClFN2O. The summed E-state index contributed by atoms with van der Waals surface area (Å²) < 4.78 is 13.8. The van der Waals surface area contributed by atoms with E-state index in [1.54, 1.807) is 11.0 Å². The second-order valence-corrected chi connectivity index (χ2v) is 5.91. The SMILES string of the molecule is O=C(c1c(F)cccc1Cl)N1CCC2(CCNC2)C1. The first-order valence-corrected chi connectivity index (χ1v) is 6.93. The minimum Gasteiger partial charge on any atom is -0.338 e. The van der Waals surface area contributed by atoms with Crippen LogP contribution in [0.25, 0.3) is 0 Å². The molecule has 0 aromatic heterocycles. The summed E-state index contributed by atoms with van der Waals surface area (Å²) in [5.41, 5.74) is 0.195. The van der Waals surface area contributed by atoms with E-state index in [0.717, 1.165) is 25.9 Å². The zero-order chi connectivity index (χ0) is 13.5. The molecule has 102 valence electrons. The van der Waals surface area contributed by atoms with Gasteiger partial charge in [0.15, 0.2) is 0 Å². The van der Waals surface area contributed by atoms with E-state index >= 15 is 0 Å². The van der Waals surface area contributed by atoms with Crippen LogP contribution in [-0.4, -0.2) is 37.0 Å². The van der Waals surface area contributed by atoms with Gasteiger partial charge in [0.25, 0.3) is 5.91 Å². The van der Waals surface area contributed by atoms with E-state index in [1.807, 2.05) is 0 Å². The lowest BCUT2D eigenvalue weighted by Crippen LogP contribution is -2.33. The molecule has 0 saturated carbocycles. The number of hydrogen-bond acceptors (Lipinski definition) is 2. The van der Waals surface area contributed by atoms with Crippen molar-refractivity contribution in [2.45, 2.75) is 12.8 Å². The highest BCUT2D eigenvalue weighted by molar-refractivity contribution is 6.33. The van der Waals surface area contributed by atoms with Gasteiger partial charge in [-0.05, 0) is 31.5 Å². The lowest BCUT2D eigenvalue weighted by molar-refractivity contribution is 0.0771. The summed E-state index contributed by atoms with van der Waals surface area (Å²) in [6.07, 6.45) is 2.07. The van der Waals surface area contributed by atoms with Crippen LogP contribution in [0.1, 0.15) is 23.2 Å². The average Bonchev–Trinajstić information content (AvgIpc) is 3.00. The Kier molecular flexibility index (Phi) is 3.23. The lowest BCUT2D eigenvalue weighted by atomic mass is 9.86. The van der Waals surface area contributed by atoms with Gasteiger partial charge in [0.1, 0.15) is 5.82 Å². The predicted octanol–water partition coefficient (Wildman–Crippen LogP) is 2.30. The van der Waals surface area contributed by atoms with E-state index in [4.69, 9.17) is 11.6 Å². The van der Waals surface area contributed by atoms with Gasteiger partial charge in [-0.1, -0.05) is 17.7 Å². The minimum atomic E-state index is -0.539. The maximum atomic E-state index is 13.8. The highest BCUT2D eigenvalue weighted by atomic mass is 35.5. The number of benzene rings is 1. The molecule has 19 heavy (non-hydrogen) atoms. The third kappa shape index (κ3) is 2.23. The van der Waals surface area contributed by atoms with Crippen LogP contribution in [0.3, 0.4) is 0 Å². The molecule has 1 aromatic carbocycles. The summed E-state index contributed by atoms with van der Waals surface area (Å²) in [7, 11) is 0. The molecule has 2 aliphatic heterocycles. The van der Waals surface area contributed by atoms with Crippen LogP contribution >= 0.6 is 11.6 Å². The Morgan fingerprint density at radius 1 is 1.42 bits per heavy atom. The number of nitrogens with one attached hydrogen (secondary N) is 1. The Morgan fingerprint density at radius 3 is 2.95 bits per heavy atom. The molecule has 3 nitrogen and oxygen atoms in total. The van der Waals surface area contributed by atoms with E-state index < -0.39 is 5.82 Å². The van der Waals surface area contributed by atoms with Crippen LogP contribution in [0.4, 0.5) is 4.39 Å². The van der Waals surface area contributed by atoms with Crippen molar-refractivity contribution in [1.82, 2.24) is 10.2 Å². The number of nitrogens with zero attached hydrogens (tertiary/aromatic N) is 1. The quantitative estimate of drug-likeness (QED) is 0.857. The second-order valence-electron chi connectivity index (χ2n) is 5.50. The monoisotopic (exact) mass is 282 g/mol. The first-order valence-electron chi connectivity index (χ1n) is 6.55. The van der Waals surface area contributed by atoms with E-state index in [2.05, 4.69) is 5.32 Å². The summed E-state index contributed by atoms with van der Waals surface area (Å²) in [6, 6.07) is 4.35. The molecule has 1 N–H and O–H groups in total. The molecular weight excluding hydrogens is 267 g/mol. The van der Waals surface area contributed by atoms with Crippen molar-refractivity contribution < 1.29 is 9.18 Å². The van der Waals surface area contributed by atoms with Crippen LogP contribution in [0.15, 0.2) is 18.2 Å². The average molecular weight is 283 g/mol. The van der Waals surface area contributed by atoms with Crippen LogP contribution in [-0.2, 0) is 0 Å². The number of rotatable bonds is 1. The van der Waals surface area contributed by atoms with Crippen LogP contribution in [0.2, 0.25) is 5.02 Å². The van der Waals surface area contributed by atoms with Crippen molar-refractivity contribution >= 4 is 17.5 Å². The summed E-state index contributed by atoms with van der Waals surface area (Å²) in [5, 5.41) is 3.53. The zero-order valence-electron chi connectivity index (χ0n) is 10.6. The molecule has 0 aliphatic carbocycles.